The van der Waals surface area contributed by atoms with Crippen LogP contribution in [0.5, 0.6) is 0 Å². The fraction of sp³-hybridized carbons (Fsp3) is 0.0233. The first-order valence-electron chi connectivity index (χ1n) is 16.0. The van der Waals surface area contributed by atoms with Gasteiger partial charge in [0, 0.05) is 32.9 Å². The standard InChI is InChI=1S/C43H28N3S/c1-3-12-28(13-4-1)43-44-37-25-30(22-23-42(37)47-43)29-14-11-17-32(24-29)46-39-21-10-8-19-34(39)36-26-40-35(27-41(36)46)33-18-7-9-20-38(33)45(40)31-15-5-2-6-16-31/h1-27,43H/q-1. The van der Waals surface area contributed by atoms with Gasteiger partial charge in [0.05, 0.1) is 22.1 Å². The summed E-state index contributed by atoms with van der Waals surface area (Å²) in [6.07, 6.45) is 0. The highest BCUT2D eigenvalue weighted by Gasteiger charge is 2.19. The number of rotatable bonds is 4. The lowest BCUT2D eigenvalue weighted by Crippen LogP contribution is -1.95. The lowest BCUT2D eigenvalue weighted by molar-refractivity contribution is 1.17. The maximum Gasteiger partial charge on any atom is 0.0548 e. The zero-order valence-electron chi connectivity index (χ0n) is 25.4. The van der Waals surface area contributed by atoms with Crippen molar-refractivity contribution in [3.05, 3.63) is 175 Å². The zero-order chi connectivity index (χ0) is 30.9. The van der Waals surface area contributed by atoms with Crippen LogP contribution in [0.3, 0.4) is 0 Å². The van der Waals surface area contributed by atoms with Gasteiger partial charge in [0.1, 0.15) is 0 Å². The van der Waals surface area contributed by atoms with Crippen molar-refractivity contribution in [1.29, 1.82) is 0 Å². The van der Waals surface area contributed by atoms with Crippen molar-refractivity contribution >= 4 is 61.1 Å². The number of benzene rings is 7. The first kappa shape index (κ1) is 26.5. The third-order valence-electron chi connectivity index (χ3n) is 9.46. The molecule has 47 heavy (non-hydrogen) atoms. The van der Waals surface area contributed by atoms with Gasteiger partial charge in [-0.05, 0) is 76.0 Å². The van der Waals surface area contributed by atoms with Crippen LogP contribution in [-0.2, 0) is 0 Å². The van der Waals surface area contributed by atoms with Gasteiger partial charge in [0.25, 0.3) is 0 Å². The molecule has 222 valence electrons. The molecule has 4 heteroatoms. The minimum Gasteiger partial charge on any atom is -0.668 e. The van der Waals surface area contributed by atoms with E-state index in [1.54, 1.807) is 0 Å². The Kier molecular flexibility index (Phi) is 5.87. The van der Waals surface area contributed by atoms with Crippen LogP contribution < -0.4 is 0 Å². The third kappa shape index (κ3) is 4.15. The van der Waals surface area contributed by atoms with Gasteiger partial charge in [-0.1, -0.05) is 115 Å². The van der Waals surface area contributed by atoms with Crippen molar-refractivity contribution in [2.75, 3.05) is 0 Å². The van der Waals surface area contributed by atoms with E-state index in [0.29, 0.717) is 0 Å². The maximum absolute atomic E-state index is 5.10. The lowest BCUT2D eigenvalue weighted by Gasteiger charge is -2.24. The normalized spacial score (nSPS) is 14.3. The lowest BCUT2D eigenvalue weighted by atomic mass is 10.0. The molecule has 0 N–H and O–H groups in total. The van der Waals surface area contributed by atoms with Gasteiger partial charge in [-0.25, -0.2) is 0 Å². The summed E-state index contributed by atoms with van der Waals surface area (Å²) in [6.45, 7) is 0. The highest BCUT2D eigenvalue weighted by molar-refractivity contribution is 8.00. The molecule has 1 atom stereocenters. The topological polar surface area (TPSA) is 24.0 Å². The molecule has 0 amide bonds. The van der Waals surface area contributed by atoms with E-state index in [1.807, 2.05) is 11.8 Å². The van der Waals surface area contributed by atoms with E-state index in [2.05, 4.69) is 173 Å². The molecule has 1 aliphatic rings. The average molecular weight is 619 g/mol. The molecule has 3 heterocycles. The highest BCUT2D eigenvalue weighted by atomic mass is 32.2. The molecule has 0 aliphatic carbocycles. The molecule has 0 bridgehead atoms. The van der Waals surface area contributed by atoms with Crippen molar-refractivity contribution in [3.8, 4) is 22.5 Å². The van der Waals surface area contributed by atoms with E-state index in [4.69, 9.17) is 5.32 Å². The molecule has 1 aliphatic heterocycles. The molecule has 10 rings (SSSR count). The minimum atomic E-state index is 0.107. The molecule has 0 fully saturated rings. The summed E-state index contributed by atoms with van der Waals surface area (Å²) in [7, 11) is 0. The van der Waals surface area contributed by atoms with Gasteiger partial charge in [0.15, 0.2) is 0 Å². The van der Waals surface area contributed by atoms with Crippen LogP contribution >= 0.6 is 11.8 Å². The van der Waals surface area contributed by atoms with Gasteiger partial charge in [-0.15, -0.1) is 17.4 Å². The Morgan fingerprint density at radius 2 is 1.00 bits per heavy atom. The number of fused-ring (bicyclic) bond motifs is 7. The second-order valence-corrected chi connectivity index (χ2v) is 13.3. The molecule has 0 spiro atoms. The number of aromatic nitrogens is 2. The summed E-state index contributed by atoms with van der Waals surface area (Å²) >= 11 is 1.83. The molecule has 7 aromatic carbocycles. The fourth-order valence-electron chi connectivity index (χ4n) is 7.32. The number of nitrogens with zero attached hydrogens (tertiary/aromatic N) is 3. The van der Waals surface area contributed by atoms with E-state index >= 15 is 0 Å². The second-order valence-electron chi connectivity index (χ2n) is 12.2. The predicted molar refractivity (Wildman–Crippen MR) is 199 cm³/mol. The van der Waals surface area contributed by atoms with Crippen molar-refractivity contribution < 1.29 is 0 Å². The summed E-state index contributed by atoms with van der Waals surface area (Å²) in [5.41, 5.74) is 11.8. The Morgan fingerprint density at radius 1 is 0.426 bits per heavy atom. The molecule has 3 nitrogen and oxygen atoms in total. The van der Waals surface area contributed by atoms with Gasteiger partial charge in [0.2, 0.25) is 0 Å². The minimum absolute atomic E-state index is 0.107. The van der Waals surface area contributed by atoms with E-state index in [-0.39, 0.29) is 5.37 Å². The van der Waals surface area contributed by atoms with Crippen LogP contribution in [0, 0.1) is 0 Å². The van der Waals surface area contributed by atoms with Crippen LogP contribution in [0.2, 0.25) is 0 Å². The van der Waals surface area contributed by atoms with E-state index in [1.165, 1.54) is 70.9 Å². The van der Waals surface area contributed by atoms with Crippen molar-refractivity contribution in [1.82, 2.24) is 9.13 Å². The smallest absolute Gasteiger partial charge is 0.0548 e. The Bertz CT molecular complexity index is 2630. The number of hydrogen-bond donors (Lipinski definition) is 0. The monoisotopic (exact) mass is 618 g/mol. The van der Waals surface area contributed by atoms with Crippen LogP contribution in [-0.4, -0.2) is 9.13 Å². The van der Waals surface area contributed by atoms with Crippen LogP contribution in [0.4, 0.5) is 5.69 Å². The Labute approximate surface area is 276 Å². The third-order valence-corrected chi connectivity index (χ3v) is 10.7. The predicted octanol–water partition coefficient (Wildman–Crippen LogP) is 12.4. The van der Waals surface area contributed by atoms with E-state index in [9.17, 15) is 0 Å². The number of thioether (sulfide) groups is 1. The second kappa shape index (κ2) is 10.4. The largest absolute Gasteiger partial charge is 0.668 e. The summed E-state index contributed by atoms with van der Waals surface area (Å²) in [4.78, 5) is 1.24. The summed E-state index contributed by atoms with van der Waals surface area (Å²) in [5, 5.41) is 10.2. The van der Waals surface area contributed by atoms with Gasteiger partial charge in [-0.2, -0.15) is 0 Å². The van der Waals surface area contributed by atoms with Crippen molar-refractivity contribution in [2.24, 2.45) is 0 Å². The first-order chi connectivity index (χ1) is 23.3. The fourth-order valence-corrected chi connectivity index (χ4v) is 8.40. The van der Waals surface area contributed by atoms with Crippen molar-refractivity contribution in [2.45, 2.75) is 10.3 Å². The molecular formula is C43H28N3S-. The SMILES string of the molecule is c1ccc(C2[N-]c3cc(-c4cccc(-n5c6ccccc6c6cc7c(cc65)c5ccccc5n7-c5ccccc5)c4)ccc3S2)cc1. The molecule has 0 saturated heterocycles. The molecule has 9 aromatic rings. The van der Waals surface area contributed by atoms with Crippen LogP contribution in [0.1, 0.15) is 10.9 Å². The van der Waals surface area contributed by atoms with E-state index < -0.39 is 0 Å². The molecule has 1 unspecified atom stereocenters. The van der Waals surface area contributed by atoms with Gasteiger partial charge in [-0.3, -0.25) is 0 Å². The van der Waals surface area contributed by atoms with Crippen LogP contribution in [0.15, 0.2) is 169 Å². The molecular weight excluding hydrogens is 591 g/mol. The number of hydrogen-bond acceptors (Lipinski definition) is 1. The van der Waals surface area contributed by atoms with Gasteiger partial charge < -0.3 is 14.5 Å². The summed E-state index contributed by atoms with van der Waals surface area (Å²) in [6, 6.07) is 59.2. The van der Waals surface area contributed by atoms with Crippen LogP contribution in [0.25, 0.3) is 71.4 Å². The summed E-state index contributed by atoms with van der Waals surface area (Å²) in [5.74, 6) is 0. The Hall–Kier alpha value is -5.71. The molecule has 2 aromatic heterocycles. The molecule has 0 saturated carbocycles. The van der Waals surface area contributed by atoms with Crippen molar-refractivity contribution in [3.63, 3.8) is 0 Å². The zero-order valence-corrected chi connectivity index (χ0v) is 26.2. The first-order valence-corrected chi connectivity index (χ1v) is 16.9. The average Bonchev–Trinajstić information content (AvgIpc) is 3.81. The van der Waals surface area contributed by atoms with E-state index in [0.717, 1.165) is 11.4 Å². The highest BCUT2D eigenvalue weighted by Crippen LogP contribution is 2.55. The summed E-state index contributed by atoms with van der Waals surface area (Å²) < 4.78 is 4.83. The quantitative estimate of drug-likeness (QED) is 0.192. The Morgan fingerprint density at radius 3 is 1.70 bits per heavy atom. The number of para-hydroxylation sites is 3. The molecule has 0 radical (unpaired) electrons. The Balaban J connectivity index is 1.15. The van der Waals surface area contributed by atoms with Gasteiger partial charge >= 0.3 is 0 Å². The maximum atomic E-state index is 5.10.